The molecular weight excluding hydrogens is 268 g/mol. The lowest BCUT2D eigenvalue weighted by molar-refractivity contribution is -0.123. The van der Waals surface area contributed by atoms with Crippen molar-refractivity contribution in [3.63, 3.8) is 0 Å². The number of amides is 1. The second-order valence-corrected chi connectivity index (χ2v) is 6.19. The van der Waals surface area contributed by atoms with Gasteiger partial charge in [0.1, 0.15) is 11.9 Å². The van der Waals surface area contributed by atoms with Gasteiger partial charge >= 0.3 is 0 Å². The molecule has 5 nitrogen and oxygen atoms in total. The number of piperidine rings is 1. The van der Waals surface area contributed by atoms with Crippen molar-refractivity contribution in [2.75, 3.05) is 19.6 Å². The van der Waals surface area contributed by atoms with Gasteiger partial charge in [-0.3, -0.25) is 9.69 Å². The summed E-state index contributed by atoms with van der Waals surface area (Å²) in [6.07, 6.45) is 3.65. The summed E-state index contributed by atoms with van der Waals surface area (Å²) in [5.41, 5.74) is 0. The van der Waals surface area contributed by atoms with E-state index in [-0.39, 0.29) is 11.9 Å². The first-order valence-electron chi connectivity index (χ1n) is 7.77. The highest BCUT2D eigenvalue weighted by Crippen LogP contribution is 2.18. The third-order valence-electron chi connectivity index (χ3n) is 4.10. The maximum Gasteiger partial charge on any atom is 0.234 e. The quantitative estimate of drug-likeness (QED) is 0.841. The lowest BCUT2D eigenvalue weighted by atomic mass is 9.99. The van der Waals surface area contributed by atoms with Crippen LogP contribution < -0.4 is 5.32 Å². The SMILES string of the molecule is CC1CCN(CC(=O)NC(C)CC(O)c2ccco2)CC1. The van der Waals surface area contributed by atoms with Crippen molar-refractivity contribution in [2.45, 2.75) is 45.3 Å². The molecule has 1 aliphatic rings. The largest absolute Gasteiger partial charge is 0.467 e. The summed E-state index contributed by atoms with van der Waals surface area (Å²) in [5.74, 6) is 1.34. The third-order valence-corrected chi connectivity index (χ3v) is 4.10. The molecule has 0 aliphatic carbocycles. The Balaban J connectivity index is 1.69. The maximum absolute atomic E-state index is 12.0. The van der Waals surface area contributed by atoms with Crippen LogP contribution in [0.3, 0.4) is 0 Å². The molecule has 2 unspecified atom stereocenters. The summed E-state index contributed by atoms with van der Waals surface area (Å²) in [5, 5.41) is 12.9. The molecule has 1 fully saturated rings. The van der Waals surface area contributed by atoms with Gasteiger partial charge in [0.05, 0.1) is 12.8 Å². The van der Waals surface area contributed by atoms with Crippen LogP contribution in [0, 0.1) is 5.92 Å². The Bertz CT molecular complexity index is 425. The van der Waals surface area contributed by atoms with Crippen LogP contribution in [0.15, 0.2) is 22.8 Å². The third kappa shape index (κ3) is 5.17. The number of hydrogen-bond acceptors (Lipinski definition) is 4. The lowest BCUT2D eigenvalue weighted by Gasteiger charge is -2.30. The van der Waals surface area contributed by atoms with E-state index < -0.39 is 6.10 Å². The molecule has 1 amide bonds. The minimum absolute atomic E-state index is 0.0312. The maximum atomic E-state index is 12.0. The van der Waals surface area contributed by atoms with Gasteiger partial charge in [-0.15, -0.1) is 0 Å². The molecule has 1 aromatic heterocycles. The summed E-state index contributed by atoms with van der Waals surface area (Å²) >= 11 is 0. The number of nitrogens with one attached hydrogen (secondary N) is 1. The molecule has 0 spiro atoms. The zero-order chi connectivity index (χ0) is 15.2. The fraction of sp³-hybridized carbons (Fsp3) is 0.688. The Morgan fingerprint density at radius 1 is 1.52 bits per heavy atom. The fourth-order valence-electron chi connectivity index (χ4n) is 2.73. The first kappa shape index (κ1) is 16.0. The summed E-state index contributed by atoms with van der Waals surface area (Å²) in [6, 6.07) is 3.41. The van der Waals surface area contributed by atoms with Crippen LogP contribution in [0.25, 0.3) is 0 Å². The molecule has 118 valence electrons. The van der Waals surface area contributed by atoms with E-state index in [1.807, 2.05) is 6.92 Å². The Kier molecular flexibility index (Phi) is 5.82. The second kappa shape index (κ2) is 7.61. The van der Waals surface area contributed by atoms with Crippen molar-refractivity contribution in [3.8, 4) is 0 Å². The predicted octanol–water partition coefficient (Wildman–Crippen LogP) is 1.94. The summed E-state index contributed by atoms with van der Waals surface area (Å²) < 4.78 is 5.16. The number of rotatable bonds is 6. The van der Waals surface area contributed by atoms with E-state index in [4.69, 9.17) is 4.42 Å². The lowest BCUT2D eigenvalue weighted by Crippen LogP contribution is -2.44. The van der Waals surface area contributed by atoms with E-state index >= 15 is 0 Å². The molecule has 2 atom stereocenters. The van der Waals surface area contributed by atoms with Crippen LogP contribution >= 0.6 is 0 Å². The van der Waals surface area contributed by atoms with Gasteiger partial charge in [-0.05, 0) is 50.9 Å². The van der Waals surface area contributed by atoms with E-state index in [1.54, 1.807) is 18.4 Å². The van der Waals surface area contributed by atoms with Gasteiger partial charge < -0.3 is 14.8 Å². The zero-order valence-electron chi connectivity index (χ0n) is 12.9. The van der Waals surface area contributed by atoms with Crippen molar-refractivity contribution in [1.82, 2.24) is 10.2 Å². The van der Waals surface area contributed by atoms with Crippen molar-refractivity contribution >= 4 is 5.91 Å². The van der Waals surface area contributed by atoms with E-state index in [2.05, 4.69) is 17.1 Å². The fourth-order valence-corrected chi connectivity index (χ4v) is 2.73. The molecule has 0 bridgehead atoms. The first-order valence-corrected chi connectivity index (χ1v) is 7.77. The number of nitrogens with zero attached hydrogens (tertiary/aromatic N) is 1. The van der Waals surface area contributed by atoms with Crippen molar-refractivity contribution in [1.29, 1.82) is 0 Å². The summed E-state index contributed by atoms with van der Waals surface area (Å²) in [6.45, 7) is 6.61. The van der Waals surface area contributed by atoms with Crippen LogP contribution in [-0.4, -0.2) is 41.6 Å². The van der Waals surface area contributed by atoms with Gasteiger partial charge in [0.2, 0.25) is 5.91 Å². The number of carbonyl (C=O) groups excluding carboxylic acids is 1. The Morgan fingerprint density at radius 3 is 2.86 bits per heavy atom. The minimum Gasteiger partial charge on any atom is -0.467 e. The van der Waals surface area contributed by atoms with Gasteiger partial charge in [-0.1, -0.05) is 6.92 Å². The van der Waals surface area contributed by atoms with Crippen LogP contribution in [-0.2, 0) is 4.79 Å². The molecule has 0 saturated carbocycles. The topological polar surface area (TPSA) is 65.7 Å². The zero-order valence-corrected chi connectivity index (χ0v) is 12.9. The monoisotopic (exact) mass is 294 g/mol. The van der Waals surface area contributed by atoms with Gasteiger partial charge in [0, 0.05) is 12.5 Å². The average molecular weight is 294 g/mol. The highest BCUT2D eigenvalue weighted by atomic mass is 16.4. The van der Waals surface area contributed by atoms with E-state index in [9.17, 15) is 9.90 Å². The number of aliphatic hydroxyl groups excluding tert-OH is 1. The Morgan fingerprint density at radius 2 is 2.24 bits per heavy atom. The average Bonchev–Trinajstić information content (AvgIpc) is 2.95. The van der Waals surface area contributed by atoms with Crippen LogP contribution in [0.5, 0.6) is 0 Å². The Hall–Kier alpha value is -1.33. The molecule has 2 heterocycles. The van der Waals surface area contributed by atoms with Crippen molar-refractivity contribution in [2.24, 2.45) is 5.92 Å². The molecule has 1 aliphatic heterocycles. The normalized spacial score (nSPS) is 20.1. The molecule has 1 saturated heterocycles. The smallest absolute Gasteiger partial charge is 0.234 e. The van der Waals surface area contributed by atoms with Crippen LogP contribution in [0.4, 0.5) is 0 Å². The van der Waals surface area contributed by atoms with E-state index in [0.717, 1.165) is 19.0 Å². The molecular formula is C16H26N2O3. The first-order chi connectivity index (χ1) is 10.0. The standard InChI is InChI=1S/C16H26N2O3/c1-12-5-7-18(8-6-12)11-16(20)17-13(2)10-14(19)15-4-3-9-21-15/h3-4,9,12-14,19H,5-8,10-11H2,1-2H3,(H,17,20). The van der Waals surface area contributed by atoms with Crippen LogP contribution in [0.1, 0.15) is 45.0 Å². The van der Waals surface area contributed by atoms with E-state index in [0.29, 0.717) is 18.7 Å². The van der Waals surface area contributed by atoms with Gasteiger partial charge in [0.15, 0.2) is 0 Å². The summed E-state index contributed by atoms with van der Waals surface area (Å²) in [4.78, 5) is 14.2. The number of likely N-dealkylation sites (tertiary alicyclic amines) is 1. The minimum atomic E-state index is -0.675. The molecule has 21 heavy (non-hydrogen) atoms. The molecule has 0 aromatic carbocycles. The predicted molar refractivity (Wildman–Crippen MR) is 80.7 cm³/mol. The van der Waals surface area contributed by atoms with Crippen molar-refractivity contribution in [3.05, 3.63) is 24.2 Å². The number of carbonyl (C=O) groups is 1. The van der Waals surface area contributed by atoms with Crippen LogP contribution in [0.2, 0.25) is 0 Å². The molecule has 2 N–H and O–H groups in total. The highest BCUT2D eigenvalue weighted by Gasteiger charge is 2.20. The number of aliphatic hydroxyl groups is 1. The van der Waals surface area contributed by atoms with Gasteiger partial charge in [-0.25, -0.2) is 0 Å². The summed E-state index contributed by atoms with van der Waals surface area (Å²) in [7, 11) is 0. The molecule has 5 heteroatoms. The Labute approximate surface area is 126 Å². The molecule has 2 rings (SSSR count). The highest BCUT2D eigenvalue weighted by molar-refractivity contribution is 5.78. The van der Waals surface area contributed by atoms with Gasteiger partial charge in [0.25, 0.3) is 0 Å². The van der Waals surface area contributed by atoms with Gasteiger partial charge in [-0.2, -0.15) is 0 Å². The number of hydrogen-bond donors (Lipinski definition) is 2. The van der Waals surface area contributed by atoms with E-state index in [1.165, 1.54) is 12.8 Å². The molecule has 1 aromatic rings. The molecule has 0 radical (unpaired) electrons. The second-order valence-electron chi connectivity index (χ2n) is 6.19. The number of furan rings is 1. The van der Waals surface area contributed by atoms with Crippen molar-refractivity contribution < 1.29 is 14.3 Å².